The van der Waals surface area contributed by atoms with Gasteiger partial charge >= 0.3 is 0 Å². The molecule has 6 nitrogen and oxygen atoms in total. The molecule has 3 aromatic rings. The average Bonchev–Trinajstić information content (AvgIpc) is 2.92. The molecular weight excluding hydrogens is 456 g/mol. The Morgan fingerprint density at radius 2 is 1.17 bits per heavy atom. The summed E-state index contributed by atoms with van der Waals surface area (Å²) in [7, 11) is 0. The molecule has 4 rings (SSSR count). The van der Waals surface area contributed by atoms with Gasteiger partial charge in [0.15, 0.2) is 6.29 Å². The summed E-state index contributed by atoms with van der Waals surface area (Å²) in [6.07, 6.45) is -1.96. The maximum Gasteiger partial charge on any atom is 0.184 e. The van der Waals surface area contributed by atoms with E-state index in [-0.39, 0.29) is 6.61 Å². The van der Waals surface area contributed by atoms with E-state index in [0.717, 1.165) is 16.7 Å². The van der Waals surface area contributed by atoms with Crippen molar-refractivity contribution in [3.63, 3.8) is 0 Å². The fourth-order valence-electron chi connectivity index (χ4n) is 4.18. The minimum atomic E-state index is -1.21. The van der Waals surface area contributed by atoms with Crippen LogP contribution >= 0.6 is 0 Å². The second-order valence-corrected chi connectivity index (χ2v) is 8.67. The third kappa shape index (κ3) is 7.58. The third-order valence-corrected chi connectivity index (χ3v) is 5.98. The molecule has 0 aromatic heterocycles. The normalized spacial score (nSPS) is 23.9. The first-order chi connectivity index (χ1) is 17.7. The molecule has 1 aliphatic heterocycles. The standard InChI is InChI=1S/C30H34O6/c1-2-18-33-27-26(22-32-19-23-12-6-3-7-13-23)36-30(31)29(35-21-25-16-10-5-11-17-25)28(27)34-20-24-14-8-4-9-15-24/h2-17,26-31H,1,18-22H2/t26-,27-,28+,29-,30?/m1/s1. The number of hydrogen-bond donors (Lipinski definition) is 1. The van der Waals surface area contributed by atoms with Crippen molar-refractivity contribution in [2.75, 3.05) is 13.2 Å². The Kier molecular flexibility index (Phi) is 10.2. The Labute approximate surface area is 213 Å². The van der Waals surface area contributed by atoms with E-state index in [4.69, 9.17) is 23.7 Å². The van der Waals surface area contributed by atoms with Crippen LogP contribution in [-0.2, 0) is 43.5 Å². The van der Waals surface area contributed by atoms with Gasteiger partial charge in [-0.05, 0) is 16.7 Å². The van der Waals surface area contributed by atoms with Gasteiger partial charge in [-0.3, -0.25) is 0 Å². The maximum atomic E-state index is 11.0. The number of hydrogen-bond acceptors (Lipinski definition) is 6. The number of rotatable bonds is 13. The monoisotopic (exact) mass is 490 g/mol. The molecule has 1 aliphatic rings. The second-order valence-electron chi connectivity index (χ2n) is 8.67. The van der Waals surface area contributed by atoms with Crippen LogP contribution in [0.25, 0.3) is 0 Å². The summed E-state index contributed by atoms with van der Waals surface area (Å²) in [4.78, 5) is 0. The van der Waals surface area contributed by atoms with E-state index in [1.165, 1.54) is 0 Å². The fourth-order valence-corrected chi connectivity index (χ4v) is 4.18. The van der Waals surface area contributed by atoms with E-state index in [1.54, 1.807) is 6.08 Å². The Morgan fingerprint density at radius 1 is 0.667 bits per heavy atom. The Hall–Kier alpha value is -2.84. The van der Waals surface area contributed by atoms with Crippen LogP contribution in [0.4, 0.5) is 0 Å². The Morgan fingerprint density at radius 3 is 1.69 bits per heavy atom. The lowest BCUT2D eigenvalue weighted by Crippen LogP contribution is -2.61. The van der Waals surface area contributed by atoms with Gasteiger partial charge in [-0.2, -0.15) is 0 Å². The van der Waals surface area contributed by atoms with E-state index >= 15 is 0 Å². The van der Waals surface area contributed by atoms with Crippen molar-refractivity contribution in [2.24, 2.45) is 0 Å². The van der Waals surface area contributed by atoms with Crippen LogP contribution in [0.2, 0.25) is 0 Å². The van der Waals surface area contributed by atoms with E-state index < -0.39 is 30.7 Å². The van der Waals surface area contributed by atoms with Crippen LogP contribution in [0.1, 0.15) is 16.7 Å². The Balaban J connectivity index is 1.49. The summed E-state index contributed by atoms with van der Waals surface area (Å²) < 4.78 is 30.6. The summed E-state index contributed by atoms with van der Waals surface area (Å²) >= 11 is 0. The van der Waals surface area contributed by atoms with E-state index in [1.807, 2.05) is 91.0 Å². The summed E-state index contributed by atoms with van der Waals surface area (Å²) in [5.74, 6) is 0. The highest BCUT2D eigenvalue weighted by Crippen LogP contribution is 2.29. The van der Waals surface area contributed by atoms with Gasteiger partial charge in [0.05, 0.1) is 33.0 Å². The predicted molar refractivity (Wildman–Crippen MR) is 137 cm³/mol. The summed E-state index contributed by atoms with van der Waals surface area (Å²) in [5, 5.41) is 11.0. The van der Waals surface area contributed by atoms with Crippen LogP contribution < -0.4 is 0 Å². The van der Waals surface area contributed by atoms with Gasteiger partial charge in [-0.1, -0.05) is 97.1 Å². The summed E-state index contributed by atoms with van der Waals surface area (Å²) in [6.45, 7) is 5.38. The molecule has 5 atom stereocenters. The molecule has 3 aromatic carbocycles. The molecule has 0 saturated carbocycles. The van der Waals surface area contributed by atoms with Crippen LogP contribution in [0, 0.1) is 0 Å². The predicted octanol–water partition coefficient (Wildman–Crippen LogP) is 4.66. The first kappa shape index (κ1) is 26.2. The highest BCUT2D eigenvalue weighted by molar-refractivity contribution is 5.15. The van der Waals surface area contributed by atoms with E-state index in [0.29, 0.717) is 26.4 Å². The first-order valence-corrected chi connectivity index (χ1v) is 12.2. The highest BCUT2D eigenvalue weighted by atomic mass is 16.7. The van der Waals surface area contributed by atoms with Crippen molar-refractivity contribution in [1.29, 1.82) is 0 Å². The molecular formula is C30H34O6. The van der Waals surface area contributed by atoms with Crippen molar-refractivity contribution in [1.82, 2.24) is 0 Å². The molecule has 1 N–H and O–H groups in total. The molecule has 1 unspecified atom stereocenters. The molecule has 1 fully saturated rings. The zero-order valence-electron chi connectivity index (χ0n) is 20.4. The Bertz CT molecular complexity index is 1010. The summed E-state index contributed by atoms with van der Waals surface area (Å²) in [5.41, 5.74) is 3.06. The largest absolute Gasteiger partial charge is 0.374 e. The SMILES string of the molecule is C=CCO[C@H]1[C@H](OCc2ccccc2)[C@@H](OCc2ccccc2)C(O)O[C@@H]1COCc1ccccc1. The zero-order chi connectivity index (χ0) is 25.0. The maximum absolute atomic E-state index is 11.0. The number of benzene rings is 3. The van der Waals surface area contributed by atoms with Crippen LogP contribution in [0.15, 0.2) is 104 Å². The molecule has 0 radical (unpaired) electrons. The molecule has 6 heteroatoms. The van der Waals surface area contributed by atoms with Gasteiger partial charge in [0.2, 0.25) is 0 Å². The van der Waals surface area contributed by atoms with Crippen molar-refractivity contribution in [3.8, 4) is 0 Å². The number of ether oxygens (including phenoxy) is 5. The van der Waals surface area contributed by atoms with Gasteiger partial charge in [-0.25, -0.2) is 0 Å². The molecule has 1 heterocycles. The number of aliphatic hydroxyl groups excluding tert-OH is 1. The molecule has 1 saturated heterocycles. The van der Waals surface area contributed by atoms with Crippen molar-refractivity contribution in [2.45, 2.75) is 50.5 Å². The number of aliphatic hydroxyl groups is 1. The molecule has 36 heavy (non-hydrogen) atoms. The van der Waals surface area contributed by atoms with Gasteiger partial charge in [0, 0.05) is 0 Å². The highest BCUT2D eigenvalue weighted by Gasteiger charge is 2.47. The van der Waals surface area contributed by atoms with Crippen LogP contribution in [0.5, 0.6) is 0 Å². The second kappa shape index (κ2) is 14.0. The molecule has 0 aliphatic carbocycles. The minimum absolute atomic E-state index is 0.227. The fraction of sp³-hybridized carbons (Fsp3) is 0.333. The van der Waals surface area contributed by atoms with Crippen molar-refractivity contribution < 1.29 is 28.8 Å². The lowest BCUT2D eigenvalue weighted by molar-refractivity contribution is -0.314. The third-order valence-electron chi connectivity index (χ3n) is 5.98. The smallest absolute Gasteiger partial charge is 0.184 e. The van der Waals surface area contributed by atoms with Crippen molar-refractivity contribution in [3.05, 3.63) is 120 Å². The van der Waals surface area contributed by atoms with Crippen LogP contribution in [0.3, 0.4) is 0 Å². The van der Waals surface area contributed by atoms with Gasteiger partial charge in [-0.15, -0.1) is 6.58 Å². The molecule has 0 amide bonds. The lowest BCUT2D eigenvalue weighted by Gasteiger charge is -2.44. The van der Waals surface area contributed by atoms with Gasteiger partial charge < -0.3 is 28.8 Å². The average molecular weight is 491 g/mol. The first-order valence-electron chi connectivity index (χ1n) is 12.2. The van der Waals surface area contributed by atoms with Crippen molar-refractivity contribution >= 4 is 0 Å². The van der Waals surface area contributed by atoms with Gasteiger partial charge in [0.1, 0.15) is 24.4 Å². The molecule has 190 valence electrons. The van der Waals surface area contributed by atoms with Gasteiger partial charge in [0.25, 0.3) is 0 Å². The topological polar surface area (TPSA) is 66.4 Å². The zero-order valence-corrected chi connectivity index (χ0v) is 20.4. The quantitative estimate of drug-likeness (QED) is 0.352. The lowest BCUT2D eigenvalue weighted by atomic mass is 9.98. The van der Waals surface area contributed by atoms with Crippen LogP contribution in [-0.4, -0.2) is 49.0 Å². The van der Waals surface area contributed by atoms with E-state index in [2.05, 4.69) is 6.58 Å². The summed E-state index contributed by atoms with van der Waals surface area (Å²) in [6, 6.07) is 29.6. The molecule has 0 bridgehead atoms. The minimum Gasteiger partial charge on any atom is -0.374 e. The molecule has 0 spiro atoms. The van der Waals surface area contributed by atoms with E-state index in [9.17, 15) is 5.11 Å².